The number of fused-ring (bicyclic) bond motifs is 1. The van der Waals surface area contributed by atoms with Gasteiger partial charge in [0.15, 0.2) is 0 Å². The zero-order chi connectivity index (χ0) is 8.72. The zero-order valence-electron chi connectivity index (χ0n) is 6.99. The molecule has 2 fully saturated rings. The van der Waals surface area contributed by atoms with Gasteiger partial charge >= 0.3 is 0 Å². The van der Waals surface area contributed by atoms with Crippen molar-refractivity contribution in [1.82, 2.24) is 5.32 Å². The number of hydrogen-bond donors (Lipinski definition) is 2. The lowest BCUT2D eigenvalue weighted by atomic mass is 9.93. The Morgan fingerprint density at radius 2 is 2.25 bits per heavy atom. The smallest absolute Gasteiger partial charge is 0.217 e. The van der Waals surface area contributed by atoms with Gasteiger partial charge in [-0.1, -0.05) is 0 Å². The molecule has 0 aromatic heterocycles. The van der Waals surface area contributed by atoms with Gasteiger partial charge in [-0.3, -0.25) is 4.79 Å². The third-order valence-corrected chi connectivity index (χ3v) is 2.50. The van der Waals surface area contributed by atoms with E-state index < -0.39 is 0 Å². The van der Waals surface area contributed by atoms with Gasteiger partial charge in [0, 0.05) is 6.92 Å². The highest BCUT2D eigenvalue weighted by Gasteiger charge is 2.52. The molecule has 1 aliphatic carbocycles. The van der Waals surface area contributed by atoms with E-state index >= 15 is 0 Å². The summed E-state index contributed by atoms with van der Waals surface area (Å²) in [6.07, 6.45) is 1.28. The number of rotatable bonds is 1. The first-order valence-corrected chi connectivity index (χ1v) is 4.29. The van der Waals surface area contributed by atoms with Crippen LogP contribution in [0.3, 0.4) is 0 Å². The molecule has 0 spiro atoms. The molecule has 0 aromatic rings. The molecule has 0 bridgehead atoms. The van der Waals surface area contributed by atoms with Crippen molar-refractivity contribution in [2.75, 3.05) is 0 Å². The first kappa shape index (κ1) is 8.01. The molecule has 0 aromatic carbocycles. The second-order valence-electron chi connectivity index (χ2n) is 3.52. The van der Waals surface area contributed by atoms with E-state index in [2.05, 4.69) is 5.32 Å². The van der Waals surface area contributed by atoms with Crippen LogP contribution in [-0.4, -0.2) is 35.4 Å². The van der Waals surface area contributed by atoms with E-state index in [0.717, 1.165) is 12.8 Å². The van der Waals surface area contributed by atoms with E-state index in [1.54, 1.807) is 0 Å². The number of carbonyl (C=O) groups excluding carboxylic acids is 1. The summed E-state index contributed by atoms with van der Waals surface area (Å²) in [5, 5.41) is 12.2. The van der Waals surface area contributed by atoms with Gasteiger partial charge in [0.2, 0.25) is 5.91 Å². The Morgan fingerprint density at radius 1 is 1.50 bits per heavy atom. The van der Waals surface area contributed by atoms with Crippen molar-refractivity contribution in [3.05, 3.63) is 0 Å². The standard InChI is InChI=1S/C8H13NO3/c1-4(10)9-5-2-3-6(11)8-7(5)12-8/h5-8,11H,2-3H2,1H3,(H,9,10)/t5?,6?,7?,8-/m1/s1. The Labute approximate surface area is 70.9 Å². The highest BCUT2D eigenvalue weighted by molar-refractivity contribution is 5.73. The summed E-state index contributed by atoms with van der Waals surface area (Å²) in [5.41, 5.74) is 0. The van der Waals surface area contributed by atoms with Crippen molar-refractivity contribution in [3.8, 4) is 0 Å². The maximum atomic E-state index is 10.7. The van der Waals surface area contributed by atoms with Crippen molar-refractivity contribution in [2.24, 2.45) is 0 Å². The Hall–Kier alpha value is -0.610. The molecule has 3 unspecified atom stereocenters. The molecule has 2 aliphatic rings. The molecule has 4 nitrogen and oxygen atoms in total. The van der Waals surface area contributed by atoms with Crippen LogP contribution in [-0.2, 0) is 9.53 Å². The van der Waals surface area contributed by atoms with Crippen molar-refractivity contribution in [3.63, 3.8) is 0 Å². The number of epoxide rings is 1. The third-order valence-electron chi connectivity index (χ3n) is 2.50. The van der Waals surface area contributed by atoms with Gasteiger partial charge in [-0.15, -0.1) is 0 Å². The minimum Gasteiger partial charge on any atom is -0.390 e. The van der Waals surface area contributed by atoms with Gasteiger partial charge in [0.25, 0.3) is 0 Å². The van der Waals surface area contributed by atoms with E-state index in [4.69, 9.17) is 4.74 Å². The van der Waals surface area contributed by atoms with Crippen LogP contribution < -0.4 is 5.32 Å². The fourth-order valence-corrected chi connectivity index (χ4v) is 1.86. The molecule has 1 aliphatic heterocycles. The molecule has 12 heavy (non-hydrogen) atoms. The molecule has 1 amide bonds. The third kappa shape index (κ3) is 1.32. The number of aliphatic hydroxyl groups excluding tert-OH is 1. The number of aliphatic hydroxyl groups is 1. The summed E-state index contributed by atoms with van der Waals surface area (Å²) in [6.45, 7) is 1.50. The van der Waals surface area contributed by atoms with Crippen molar-refractivity contribution < 1.29 is 14.6 Å². The largest absolute Gasteiger partial charge is 0.390 e. The molecular formula is C8H13NO3. The quantitative estimate of drug-likeness (QED) is 0.518. The van der Waals surface area contributed by atoms with E-state index in [0.29, 0.717) is 0 Å². The minimum absolute atomic E-state index is 0.0180. The average Bonchev–Trinajstić information content (AvgIpc) is 2.73. The predicted octanol–water partition coefficient (Wildman–Crippen LogP) is -0.587. The summed E-state index contributed by atoms with van der Waals surface area (Å²) in [7, 11) is 0. The van der Waals surface area contributed by atoms with Crippen LogP contribution >= 0.6 is 0 Å². The molecule has 1 saturated heterocycles. The Bertz CT molecular complexity index is 206. The maximum Gasteiger partial charge on any atom is 0.217 e. The van der Waals surface area contributed by atoms with Crippen molar-refractivity contribution in [2.45, 2.75) is 44.1 Å². The second kappa shape index (κ2) is 2.71. The molecule has 2 rings (SSSR count). The van der Waals surface area contributed by atoms with E-state index in [9.17, 15) is 9.90 Å². The summed E-state index contributed by atoms with van der Waals surface area (Å²) in [4.78, 5) is 10.7. The van der Waals surface area contributed by atoms with Gasteiger partial charge in [-0.05, 0) is 12.8 Å². The van der Waals surface area contributed by atoms with Crippen LogP contribution in [0.15, 0.2) is 0 Å². The summed E-state index contributed by atoms with van der Waals surface area (Å²) >= 11 is 0. The van der Waals surface area contributed by atoms with Crippen LogP contribution in [0.2, 0.25) is 0 Å². The molecule has 1 saturated carbocycles. The van der Waals surface area contributed by atoms with Crippen LogP contribution in [0, 0.1) is 0 Å². The second-order valence-corrected chi connectivity index (χ2v) is 3.52. The molecule has 1 heterocycles. The normalized spacial score (nSPS) is 44.8. The lowest BCUT2D eigenvalue weighted by Crippen LogP contribution is -2.43. The van der Waals surface area contributed by atoms with Gasteiger partial charge in [0.05, 0.1) is 12.1 Å². The van der Waals surface area contributed by atoms with E-state index in [1.807, 2.05) is 0 Å². The van der Waals surface area contributed by atoms with Crippen LogP contribution in [0.1, 0.15) is 19.8 Å². The van der Waals surface area contributed by atoms with Crippen molar-refractivity contribution >= 4 is 5.91 Å². The van der Waals surface area contributed by atoms with E-state index in [-0.39, 0.29) is 30.3 Å². The fraction of sp³-hybridized carbons (Fsp3) is 0.875. The van der Waals surface area contributed by atoms with Crippen LogP contribution in [0.25, 0.3) is 0 Å². The number of amides is 1. The molecular weight excluding hydrogens is 158 g/mol. The summed E-state index contributed by atoms with van der Waals surface area (Å²) in [5.74, 6) is -0.0226. The molecule has 2 N–H and O–H groups in total. The SMILES string of the molecule is CC(=O)NC1CCC(O)[C@H]2OC12. The molecule has 4 atom stereocenters. The van der Waals surface area contributed by atoms with Gasteiger partial charge in [0.1, 0.15) is 12.2 Å². The first-order chi connectivity index (χ1) is 5.68. The number of ether oxygens (including phenoxy) is 1. The first-order valence-electron chi connectivity index (χ1n) is 4.29. The van der Waals surface area contributed by atoms with Gasteiger partial charge in [-0.2, -0.15) is 0 Å². The molecule has 68 valence electrons. The lowest BCUT2D eigenvalue weighted by Gasteiger charge is -2.21. The zero-order valence-corrected chi connectivity index (χ0v) is 6.99. The van der Waals surface area contributed by atoms with E-state index in [1.165, 1.54) is 6.92 Å². The molecule has 4 heteroatoms. The highest BCUT2D eigenvalue weighted by Crippen LogP contribution is 2.36. The van der Waals surface area contributed by atoms with Crippen LogP contribution in [0.4, 0.5) is 0 Å². The Morgan fingerprint density at radius 3 is 2.92 bits per heavy atom. The summed E-state index contributed by atoms with van der Waals surface area (Å²) < 4.78 is 5.24. The number of hydrogen-bond acceptors (Lipinski definition) is 3. The van der Waals surface area contributed by atoms with Crippen LogP contribution in [0.5, 0.6) is 0 Å². The molecule has 0 radical (unpaired) electrons. The topological polar surface area (TPSA) is 61.9 Å². The average molecular weight is 171 g/mol. The number of carbonyl (C=O) groups is 1. The fourth-order valence-electron chi connectivity index (χ4n) is 1.86. The number of nitrogens with one attached hydrogen (secondary N) is 1. The minimum atomic E-state index is -0.319. The monoisotopic (exact) mass is 171 g/mol. The summed E-state index contributed by atoms with van der Waals surface area (Å²) in [6, 6.07) is 0.121. The Kier molecular flexibility index (Phi) is 1.81. The predicted molar refractivity (Wildman–Crippen MR) is 41.5 cm³/mol. The van der Waals surface area contributed by atoms with Crippen molar-refractivity contribution in [1.29, 1.82) is 0 Å². The lowest BCUT2D eigenvalue weighted by molar-refractivity contribution is -0.120. The Balaban J connectivity index is 1.90. The maximum absolute atomic E-state index is 10.7. The highest BCUT2D eigenvalue weighted by atomic mass is 16.6. The van der Waals surface area contributed by atoms with Gasteiger partial charge in [-0.25, -0.2) is 0 Å². The van der Waals surface area contributed by atoms with Gasteiger partial charge < -0.3 is 15.2 Å².